The summed E-state index contributed by atoms with van der Waals surface area (Å²) in [6, 6.07) is 1.03. The molecule has 114 valence electrons. The second-order valence-electron chi connectivity index (χ2n) is 4.78. The van der Waals surface area contributed by atoms with Gasteiger partial charge in [-0.15, -0.1) is 0 Å². The molecule has 6 nitrogen and oxygen atoms in total. The Hall–Kier alpha value is -1.06. The Labute approximate surface area is 115 Å². The van der Waals surface area contributed by atoms with Crippen molar-refractivity contribution in [2.24, 2.45) is 0 Å². The van der Waals surface area contributed by atoms with E-state index in [1.54, 1.807) is 0 Å². The summed E-state index contributed by atoms with van der Waals surface area (Å²) in [4.78, 5) is 0. The predicted molar refractivity (Wildman–Crippen MR) is 65.7 cm³/mol. The standard InChI is InChI=1S/C11H16F2N2O4S/c1-11(12,13)10-6-8(14-15-10)7-20(16,17)19-9-2-4-18-5-3-9/h6,9H,2-5,7H2,1H3,(H,14,15). The Morgan fingerprint density at radius 3 is 2.70 bits per heavy atom. The number of nitrogens with one attached hydrogen (secondary N) is 1. The van der Waals surface area contributed by atoms with E-state index in [1.807, 2.05) is 0 Å². The third-order valence-corrected chi connectivity index (χ3v) is 4.09. The van der Waals surface area contributed by atoms with Crippen molar-refractivity contribution in [1.29, 1.82) is 0 Å². The van der Waals surface area contributed by atoms with Gasteiger partial charge in [0.25, 0.3) is 16.0 Å². The average Bonchev–Trinajstić information content (AvgIpc) is 2.77. The van der Waals surface area contributed by atoms with Crippen LogP contribution in [-0.4, -0.2) is 37.9 Å². The lowest BCUT2D eigenvalue weighted by atomic mass is 10.2. The van der Waals surface area contributed by atoms with Crippen molar-refractivity contribution < 1.29 is 26.1 Å². The smallest absolute Gasteiger partial charge is 0.288 e. The van der Waals surface area contributed by atoms with Crippen molar-refractivity contribution in [2.75, 3.05) is 13.2 Å². The summed E-state index contributed by atoms with van der Waals surface area (Å²) in [7, 11) is -3.84. The monoisotopic (exact) mass is 310 g/mol. The minimum atomic E-state index is -3.84. The number of aromatic amines is 1. The maximum atomic E-state index is 13.0. The van der Waals surface area contributed by atoms with Gasteiger partial charge >= 0.3 is 0 Å². The molecular weight excluding hydrogens is 294 g/mol. The molecule has 0 spiro atoms. The molecule has 0 unspecified atom stereocenters. The van der Waals surface area contributed by atoms with Crippen molar-refractivity contribution in [2.45, 2.75) is 37.5 Å². The van der Waals surface area contributed by atoms with Crippen molar-refractivity contribution in [3.05, 3.63) is 17.5 Å². The molecule has 0 atom stereocenters. The summed E-state index contributed by atoms with van der Waals surface area (Å²) in [6.45, 7) is 1.60. The van der Waals surface area contributed by atoms with Crippen LogP contribution >= 0.6 is 0 Å². The number of nitrogens with zero attached hydrogens (tertiary/aromatic N) is 1. The molecule has 1 saturated heterocycles. The number of hydrogen-bond acceptors (Lipinski definition) is 5. The van der Waals surface area contributed by atoms with E-state index in [9.17, 15) is 17.2 Å². The zero-order chi connectivity index (χ0) is 14.8. The van der Waals surface area contributed by atoms with E-state index >= 15 is 0 Å². The van der Waals surface area contributed by atoms with Crippen molar-refractivity contribution in [1.82, 2.24) is 10.2 Å². The van der Waals surface area contributed by atoms with E-state index in [1.165, 1.54) is 0 Å². The van der Waals surface area contributed by atoms with Crippen LogP contribution in [0.3, 0.4) is 0 Å². The maximum Gasteiger partial charge on any atom is 0.288 e. The average molecular weight is 310 g/mol. The first-order valence-corrected chi connectivity index (χ1v) is 7.75. The third-order valence-electron chi connectivity index (χ3n) is 2.86. The minimum Gasteiger partial charge on any atom is -0.381 e. The van der Waals surface area contributed by atoms with Crippen LogP contribution in [0, 0.1) is 0 Å². The normalized spacial score (nSPS) is 18.4. The molecule has 1 aromatic rings. The fourth-order valence-corrected chi connectivity index (χ4v) is 3.07. The van der Waals surface area contributed by atoms with Crippen LogP contribution in [0.15, 0.2) is 6.07 Å². The summed E-state index contributed by atoms with van der Waals surface area (Å²) >= 11 is 0. The highest BCUT2D eigenvalue weighted by Crippen LogP contribution is 2.26. The molecule has 20 heavy (non-hydrogen) atoms. The molecule has 1 fully saturated rings. The van der Waals surface area contributed by atoms with E-state index in [2.05, 4.69) is 10.2 Å². The van der Waals surface area contributed by atoms with Gasteiger partial charge in [0.15, 0.2) is 0 Å². The molecule has 0 aromatic carbocycles. The Kier molecular flexibility index (Phi) is 4.40. The van der Waals surface area contributed by atoms with Crippen LogP contribution in [-0.2, 0) is 30.7 Å². The Bertz CT molecular complexity index is 547. The molecule has 1 aliphatic rings. The van der Waals surface area contributed by atoms with Gasteiger partial charge in [-0.25, -0.2) is 0 Å². The zero-order valence-electron chi connectivity index (χ0n) is 10.9. The first-order valence-electron chi connectivity index (χ1n) is 6.17. The van der Waals surface area contributed by atoms with E-state index in [-0.39, 0.29) is 5.69 Å². The molecule has 1 N–H and O–H groups in total. The topological polar surface area (TPSA) is 81.3 Å². The van der Waals surface area contributed by atoms with Crippen molar-refractivity contribution in [3.63, 3.8) is 0 Å². The fourth-order valence-electron chi connectivity index (χ4n) is 1.86. The number of aromatic nitrogens is 2. The van der Waals surface area contributed by atoms with Gasteiger partial charge in [-0.05, 0) is 18.9 Å². The molecule has 0 aliphatic carbocycles. The summed E-state index contributed by atoms with van der Waals surface area (Å²) < 4.78 is 59.8. The van der Waals surface area contributed by atoms with E-state index in [0.29, 0.717) is 33.0 Å². The first-order chi connectivity index (χ1) is 9.26. The van der Waals surface area contributed by atoms with Gasteiger partial charge in [0.2, 0.25) is 0 Å². The SMILES string of the molecule is CC(F)(F)c1cc(CS(=O)(=O)OC2CCOCC2)[nH]n1. The molecule has 1 aromatic heterocycles. The van der Waals surface area contributed by atoms with Crippen LogP contribution in [0.2, 0.25) is 0 Å². The van der Waals surface area contributed by atoms with Gasteiger partial charge in [-0.1, -0.05) is 0 Å². The number of alkyl halides is 2. The summed E-state index contributed by atoms with van der Waals surface area (Å²) in [5.74, 6) is -3.62. The lowest BCUT2D eigenvalue weighted by Gasteiger charge is -2.21. The van der Waals surface area contributed by atoms with Crippen LogP contribution in [0.5, 0.6) is 0 Å². The molecule has 2 heterocycles. The number of hydrogen-bond donors (Lipinski definition) is 1. The van der Waals surface area contributed by atoms with Crippen LogP contribution in [0.25, 0.3) is 0 Å². The molecule has 0 amide bonds. The maximum absolute atomic E-state index is 13.0. The molecule has 0 saturated carbocycles. The molecule has 0 radical (unpaired) electrons. The van der Waals surface area contributed by atoms with Gasteiger partial charge in [0, 0.05) is 20.1 Å². The van der Waals surface area contributed by atoms with E-state index < -0.39 is 33.6 Å². The molecule has 0 bridgehead atoms. The molecule has 9 heteroatoms. The quantitative estimate of drug-likeness (QED) is 0.834. The molecular formula is C11H16F2N2O4S. The Balaban J connectivity index is 1.99. The lowest BCUT2D eigenvalue weighted by Crippen LogP contribution is -2.26. The Morgan fingerprint density at radius 1 is 1.50 bits per heavy atom. The predicted octanol–water partition coefficient (Wildman–Crippen LogP) is 1.55. The summed E-state index contributed by atoms with van der Waals surface area (Å²) in [6.07, 6.45) is 0.588. The van der Waals surface area contributed by atoms with Crippen LogP contribution in [0.1, 0.15) is 31.2 Å². The Morgan fingerprint density at radius 2 is 2.15 bits per heavy atom. The highest BCUT2D eigenvalue weighted by atomic mass is 32.2. The number of ether oxygens (including phenoxy) is 1. The third kappa shape index (κ3) is 4.22. The summed E-state index contributed by atoms with van der Waals surface area (Å²) in [5.41, 5.74) is -0.414. The van der Waals surface area contributed by atoms with E-state index in [0.717, 1.165) is 6.07 Å². The number of halogens is 2. The van der Waals surface area contributed by atoms with Gasteiger partial charge < -0.3 is 4.74 Å². The molecule has 2 rings (SSSR count). The highest BCUT2D eigenvalue weighted by Gasteiger charge is 2.29. The lowest BCUT2D eigenvalue weighted by molar-refractivity contribution is 0.0127. The fraction of sp³-hybridized carbons (Fsp3) is 0.727. The zero-order valence-corrected chi connectivity index (χ0v) is 11.8. The molecule has 1 aliphatic heterocycles. The number of H-pyrrole nitrogens is 1. The van der Waals surface area contributed by atoms with Gasteiger partial charge in [0.05, 0.1) is 11.8 Å². The number of rotatable bonds is 5. The van der Waals surface area contributed by atoms with Gasteiger partial charge in [-0.2, -0.15) is 22.3 Å². The van der Waals surface area contributed by atoms with E-state index in [4.69, 9.17) is 8.92 Å². The largest absolute Gasteiger partial charge is 0.381 e. The minimum absolute atomic E-state index is 0.0774. The first kappa shape index (κ1) is 15.3. The van der Waals surface area contributed by atoms with Gasteiger partial charge in [-0.3, -0.25) is 9.28 Å². The second-order valence-corrected chi connectivity index (χ2v) is 6.37. The van der Waals surface area contributed by atoms with Crippen molar-refractivity contribution >= 4 is 10.1 Å². The van der Waals surface area contributed by atoms with Crippen molar-refractivity contribution in [3.8, 4) is 0 Å². The van der Waals surface area contributed by atoms with Gasteiger partial charge in [0.1, 0.15) is 11.4 Å². The van der Waals surface area contributed by atoms with Crippen LogP contribution in [0.4, 0.5) is 8.78 Å². The highest BCUT2D eigenvalue weighted by molar-refractivity contribution is 7.85. The van der Waals surface area contributed by atoms with Crippen LogP contribution < -0.4 is 0 Å². The summed E-state index contributed by atoms with van der Waals surface area (Å²) in [5, 5.41) is 5.70. The second kappa shape index (κ2) is 5.74.